The topological polar surface area (TPSA) is 62.8 Å². The number of para-hydroxylation sites is 1. The Morgan fingerprint density at radius 2 is 1.56 bits per heavy atom. The lowest BCUT2D eigenvalue weighted by Gasteiger charge is -2.37. The van der Waals surface area contributed by atoms with Crippen molar-refractivity contribution < 1.29 is 14.9 Å². The average molecular weight is 335 g/mol. The third-order valence-electron chi connectivity index (χ3n) is 5.50. The highest BCUT2D eigenvalue weighted by atomic mass is 16.2. The van der Waals surface area contributed by atoms with Gasteiger partial charge in [-0.15, -0.1) is 0 Å². The van der Waals surface area contributed by atoms with E-state index in [2.05, 4.69) is 5.32 Å². The number of hydrogen-bond acceptors (Lipinski definition) is 2. The molecule has 0 radical (unpaired) electrons. The van der Waals surface area contributed by atoms with Gasteiger partial charge in [0.2, 0.25) is 5.78 Å². The van der Waals surface area contributed by atoms with Gasteiger partial charge >= 0.3 is 0 Å². The average Bonchev–Trinajstić information content (AvgIpc) is 2.67. The van der Waals surface area contributed by atoms with Gasteiger partial charge in [0.05, 0.1) is 11.7 Å². The number of nitrogens with two attached hydrogens (primary N) is 1. The van der Waals surface area contributed by atoms with Crippen LogP contribution in [0, 0.1) is 0 Å². The summed E-state index contributed by atoms with van der Waals surface area (Å²) in [6.45, 7) is 0. The van der Waals surface area contributed by atoms with Crippen LogP contribution in [0.25, 0.3) is 0 Å². The highest BCUT2D eigenvalue weighted by Gasteiger charge is 2.56. The van der Waals surface area contributed by atoms with Crippen molar-refractivity contribution >= 4 is 17.4 Å². The summed E-state index contributed by atoms with van der Waals surface area (Å²) in [5.74, 6) is -0.336. The predicted octanol–water partition coefficient (Wildman–Crippen LogP) is 2.61. The number of nitrogens with one attached hydrogen (secondary N) is 1. The van der Waals surface area contributed by atoms with E-state index < -0.39 is 5.54 Å². The Labute approximate surface area is 147 Å². The monoisotopic (exact) mass is 335 g/mol. The van der Waals surface area contributed by atoms with Gasteiger partial charge in [0.1, 0.15) is 0 Å². The lowest BCUT2D eigenvalue weighted by Crippen LogP contribution is -3.03. The fraction of sp³-hybridized carbons (Fsp3) is 0.333. The zero-order valence-corrected chi connectivity index (χ0v) is 14.2. The Morgan fingerprint density at radius 3 is 2.32 bits per heavy atom. The van der Waals surface area contributed by atoms with E-state index in [1.54, 1.807) is 6.07 Å². The number of benzene rings is 2. The van der Waals surface area contributed by atoms with Gasteiger partial charge < -0.3 is 10.6 Å². The molecule has 3 N–H and O–H groups in total. The van der Waals surface area contributed by atoms with Crippen molar-refractivity contribution in [3.05, 3.63) is 65.7 Å². The number of amides is 1. The molecule has 1 atom stereocenters. The van der Waals surface area contributed by atoms with Gasteiger partial charge in [-0.1, -0.05) is 48.9 Å². The number of rotatable bonds is 3. The molecule has 25 heavy (non-hydrogen) atoms. The maximum Gasteiger partial charge on any atom is 0.299 e. The standard InChI is InChI=1S/C21H22N2O2/c24-19-17-13-7-8-14-18(17)22-20(25)21(19,15-9-3-1-4-10-15)23-16-11-5-2-6-12-16/h1,3-4,7-10,13-14,16,23H,2,5-6,11-12H2,(H,22,25)/p+1. The van der Waals surface area contributed by atoms with Gasteiger partial charge in [-0.25, -0.2) is 0 Å². The number of ketones is 1. The zero-order valence-electron chi connectivity index (χ0n) is 14.2. The molecule has 2 aliphatic rings. The van der Waals surface area contributed by atoms with Gasteiger partial charge in [0.15, 0.2) is 0 Å². The lowest BCUT2D eigenvalue weighted by molar-refractivity contribution is -0.738. The Morgan fingerprint density at radius 1 is 0.880 bits per heavy atom. The third-order valence-corrected chi connectivity index (χ3v) is 5.50. The van der Waals surface area contributed by atoms with E-state index in [4.69, 9.17) is 0 Å². The van der Waals surface area contributed by atoms with Crippen LogP contribution in [-0.2, 0) is 10.3 Å². The fourth-order valence-corrected chi connectivity index (χ4v) is 4.19. The Bertz CT molecular complexity index is 797. The van der Waals surface area contributed by atoms with Gasteiger partial charge in [0.25, 0.3) is 11.4 Å². The van der Waals surface area contributed by atoms with E-state index in [1.807, 2.05) is 53.8 Å². The summed E-state index contributed by atoms with van der Waals surface area (Å²) in [6.07, 6.45) is 5.68. The molecule has 0 spiro atoms. The molecule has 4 rings (SSSR count). The molecule has 0 bridgehead atoms. The molecule has 1 aliphatic carbocycles. The summed E-state index contributed by atoms with van der Waals surface area (Å²) in [4.78, 5) is 26.7. The second kappa shape index (κ2) is 6.45. The number of quaternary nitrogens is 1. The van der Waals surface area contributed by atoms with Crippen molar-refractivity contribution in [3.63, 3.8) is 0 Å². The Kier molecular flexibility index (Phi) is 4.14. The first-order valence-electron chi connectivity index (χ1n) is 9.08. The third kappa shape index (κ3) is 2.67. The second-order valence-corrected chi connectivity index (χ2v) is 7.07. The van der Waals surface area contributed by atoms with Crippen molar-refractivity contribution in [3.8, 4) is 0 Å². The van der Waals surface area contributed by atoms with Gasteiger partial charge in [-0.2, -0.15) is 0 Å². The van der Waals surface area contributed by atoms with E-state index >= 15 is 0 Å². The number of Topliss-reactive ketones (excluding diaryl/α,β-unsaturated/α-hetero) is 1. The number of carbonyl (C=O) groups excluding carboxylic acids is 2. The first-order chi connectivity index (χ1) is 12.2. The van der Waals surface area contributed by atoms with E-state index in [1.165, 1.54) is 19.3 Å². The highest BCUT2D eigenvalue weighted by Crippen LogP contribution is 2.33. The predicted molar refractivity (Wildman–Crippen MR) is 96.3 cm³/mol. The SMILES string of the molecule is O=C1Nc2ccccc2C(=O)C1([NH2+]C1CCCCC1)c1ccccc1. The summed E-state index contributed by atoms with van der Waals surface area (Å²) in [5.41, 5.74) is 0.745. The van der Waals surface area contributed by atoms with Crippen molar-refractivity contribution in [2.45, 2.75) is 43.7 Å². The molecule has 4 nitrogen and oxygen atoms in total. The van der Waals surface area contributed by atoms with Crippen LogP contribution in [0.2, 0.25) is 0 Å². The molecule has 2 aromatic carbocycles. The second-order valence-electron chi connectivity index (χ2n) is 7.07. The van der Waals surface area contributed by atoms with Crippen molar-refractivity contribution in [2.24, 2.45) is 0 Å². The Hall–Kier alpha value is -2.46. The molecule has 1 fully saturated rings. The quantitative estimate of drug-likeness (QED) is 0.847. The van der Waals surface area contributed by atoms with Crippen LogP contribution in [-0.4, -0.2) is 17.7 Å². The van der Waals surface area contributed by atoms with Crippen LogP contribution in [0.4, 0.5) is 5.69 Å². The lowest BCUT2D eigenvalue weighted by atomic mass is 9.77. The number of hydrogen-bond donors (Lipinski definition) is 2. The van der Waals surface area contributed by atoms with Crippen molar-refractivity contribution in [2.75, 3.05) is 5.32 Å². The molecule has 1 heterocycles. The molecular weight excluding hydrogens is 312 g/mol. The van der Waals surface area contributed by atoms with E-state index in [0.717, 1.165) is 18.4 Å². The van der Waals surface area contributed by atoms with Crippen LogP contribution in [0.1, 0.15) is 48.0 Å². The highest BCUT2D eigenvalue weighted by molar-refractivity contribution is 6.26. The van der Waals surface area contributed by atoms with Crippen LogP contribution in [0.15, 0.2) is 54.6 Å². The molecule has 4 heteroatoms. The van der Waals surface area contributed by atoms with Gasteiger partial charge in [-0.05, 0) is 37.8 Å². The summed E-state index contributed by atoms with van der Waals surface area (Å²) in [6, 6.07) is 17.1. The Balaban J connectivity index is 1.83. The molecule has 1 amide bonds. The van der Waals surface area contributed by atoms with Gasteiger partial charge in [0, 0.05) is 11.1 Å². The van der Waals surface area contributed by atoms with Crippen LogP contribution in [0.5, 0.6) is 0 Å². The van der Waals surface area contributed by atoms with Crippen molar-refractivity contribution in [1.29, 1.82) is 0 Å². The minimum absolute atomic E-state index is 0.108. The van der Waals surface area contributed by atoms with E-state index in [-0.39, 0.29) is 11.7 Å². The molecular formula is C21H23N2O2+. The number of carbonyl (C=O) groups is 2. The van der Waals surface area contributed by atoms with Gasteiger partial charge in [-0.3, -0.25) is 9.59 Å². The number of anilines is 1. The molecule has 1 saturated carbocycles. The summed E-state index contributed by atoms with van der Waals surface area (Å²) < 4.78 is 0. The van der Waals surface area contributed by atoms with E-state index in [0.29, 0.717) is 17.3 Å². The van der Waals surface area contributed by atoms with Crippen molar-refractivity contribution in [1.82, 2.24) is 0 Å². The molecule has 1 unspecified atom stereocenters. The maximum atomic E-state index is 13.5. The maximum absolute atomic E-state index is 13.5. The van der Waals surface area contributed by atoms with Crippen LogP contribution < -0.4 is 10.6 Å². The molecule has 128 valence electrons. The summed E-state index contributed by atoms with van der Waals surface area (Å²) >= 11 is 0. The first kappa shape index (κ1) is 16.0. The first-order valence-corrected chi connectivity index (χ1v) is 9.08. The summed E-state index contributed by atoms with van der Waals surface area (Å²) in [5, 5.41) is 5.02. The number of fused-ring (bicyclic) bond motifs is 1. The van der Waals surface area contributed by atoms with Crippen LogP contribution in [0.3, 0.4) is 0 Å². The smallest absolute Gasteiger partial charge is 0.299 e. The minimum atomic E-state index is -1.22. The molecule has 0 saturated heterocycles. The van der Waals surface area contributed by atoms with Crippen LogP contribution >= 0.6 is 0 Å². The normalized spacial score (nSPS) is 23.8. The molecule has 0 aromatic heterocycles. The summed E-state index contributed by atoms with van der Waals surface area (Å²) in [7, 11) is 0. The van der Waals surface area contributed by atoms with E-state index in [9.17, 15) is 9.59 Å². The zero-order chi connectivity index (χ0) is 17.3. The minimum Gasteiger partial charge on any atom is -0.321 e. The molecule has 1 aliphatic heterocycles. The fourth-order valence-electron chi connectivity index (χ4n) is 4.19. The molecule has 2 aromatic rings. The largest absolute Gasteiger partial charge is 0.321 e.